The molecule has 0 fully saturated rings. The van der Waals surface area contributed by atoms with Gasteiger partial charge in [0.15, 0.2) is 0 Å². The Balaban J connectivity index is 2.31. The summed E-state index contributed by atoms with van der Waals surface area (Å²) in [5, 5.41) is 0. The third-order valence-electron chi connectivity index (χ3n) is 2.66. The van der Waals surface area contributed by atoms with E-state index < -0.39 is 0 Å². The van der Waals surface area contributed by atoms with Crippen molar-refractivity contribution in [2.45, 2.75) is 40.5 Å². The number of ether oxygens (including phenoxy) is 1. The zero-order valence-corrected chi connectivity index (χ0v) is 11.9. The van der Waals surface area contributed by atoms with Crippen molar-refractivity contribution < 1.29 is 4.74 Å². The van der Waals surface area contributed by atoms with Gasteiger partial charge in [-0.2, -0.15) is 0 Å². The molecule has 0 aliphatic carbocycles. The van der Waals surface area contributed by atoms with Gasteiger partial charge in [-0.15, -0.1) is 0 Å². The molecule has 2 nitrogen and oxygen atoms in total. The van der Waals surface area contributed by atoms with E-state index in [4.69, 9.17) is 4.74 Å². The van der Waals surface area contributed by atoms with Crippen molar-refractivity contribution in [3.63, 3.8) is 0 Å². The first-order valence-corrected chi connectivity index (χ1v) is 6.42. The predicted octanol–water partition coefficient (Wildman–Crippen LogP) is 4.46. The highest BCUT2D eigenvalue weighted by atomic mass is 16.5. The van der Waals surface area contributed by atoms with E-state index in [1.54, 1.807) is 6.20 Å². The van der Waals surface area contributed by atoms with E-state index >= 15 is 0 Å². The molecule has 0 atom stereocenters. The number of hydrogen-bond acceptors (Lipinski definition) is 2. The smallest absolute Gasteiger partial charge is 0.138 e. The number of nitrogens with zero attached hydrogens (tertiary/aromatic N) is 1. The first kappa shape index (κ1) is 14.5. The maximum Gasteiger partial charge on any atom is 0.138 e. The van der Waals surface area contributed by atoms with Gasteiger partial charge in [0.25, 0.3) is 0 Å². The lowest BCUT2D eigenvalue weighted by atomic mass is 10.1. The van der Waals surface area contributed by atoms with Crippen molar-refractivity contribution >= 4 is 0 Å². The Bertz CT molecular complexity index is 411. The fourth-order valence-electron chi connectivity index (χ4n) is 1.51. The molecular weight excluding hydrogens is 222 g/mol. The summed E-state index contributed by atoms with van der Waals surface area (Å²) < 4.78 is 5.60. The van der Waals surface area contributed by atoms with Gasteiger partial charge in [0.2, 0.25) is 0 Å². The summed E-state index contributed by atoms with van der Waals surface area (Å²) in [5.41, 5.74) is 3.76. The van der Waals surface area contributed by atoms with Gasteiger partial charge >= 0.3 is 0 Å². The average Bonchev–Trinajstić information content (AvgIpc) is 2.31. The molecule has 98 valence electrons. The molecule has 0 aromatic carbocycles. The first-order valence-electron chi connectivity index (χ1n) is 6.42. The molecule has 0 aliphatic rings. The molecule has 0 aliphatic heterocycles. The quantitative estimate of drug-likeness (QED) is 0.690. The minimum absolute atomic E-state index is 0.616. The number of pyridine rings is 1. The molecule has 0 radical (unpaired) electrons. The van der Waals surface area contributed by atoms with Crippen LogP contribution in [-0.4, -0.2) is 11.6 Å². The van der Waals surface area contributed by atoms with Crippen LogP contribution in [0.1, 0.15) is 39.3 Å². The van der Waals surface area contributed by atoms with Crippen LogP contribution >= 0.6 is 0 Å². The van der Waals surface area contributed by atoms with Crippen LogP contribution in [0.25, 0.3) is 0 Å². The standard InChI is InChI=1S/C16H23NO/c1-13(2)6-5-7-14(3)10-11-18-16-9-8-15(4)17-12-16/h6,8-10,12H,5,7,11H2,1-4H3. The lowest BCUT2D eigenvalue weighted by molar-refractivity contribution is 0.360. The third kappa shape index (κ3) is 6.24. The Kier molecular flexibility index (Phi) is 6.20. The van der Waals surface area contributed by atoms with E-state index in [-0.39, 0.29) is 0 Å². The fourth-order valence-corrected chi connectivity index (χ4v) is 1.51. The van der Waals surface area contributed by atoms with Crippen molar-refractivity contribution in [2.24, 2.45) is 0 Å². The van der Waals surface area contributed by atoms with Gasteiger partial charge in [-0.1, -0.05) is 17.2 Å². The summed E-state index contributed by atoms with van der Waals surface area (Å²) in [6.45, 7) is 9.00. The van der Waals surface area contributed by atoms with Gasteiger partial charge in [-0.05, 0) is 58.7 Å². The van der Waals surface area contributed by atoms with Crippen molar-refractivity contribution in [1.82, 2.24) is 4.98 Å². The van der Waals surface area contributed by atoms with Crippen LogP contribution in [0.5, 0.6) is 5.75 Å². The topological polar surface area (TPSA) is 22.1 Å². The number of rotatable bonds is 6. The minimum atomic E-state index is 0.616. The zero-order chi connectivity index (χ0) is 13.4. The molecule has 0 bridgehead atoms. The molecule has 2 heteroatoms. The fraction of sp³-hybridized carbons (Fsp3) is 0.438. The van der Waals surface area contributed by atoms with Crippen LogP contribution in [0, 0.1) is 6.92 Å². The molecule has 1 heterocycles. The third-order valence-corrected chi connectivity index (χ3v) is 2.66. The summed E-state index contributed by atoms with van der Waals surface area (Å²) in [7, 11) is 0. The van der Waals surface area contributed by atoms with E-state index in [2.05, 4.69) is 37.9 Å². The Morgan fingerprint density at radius 2 is 2.00 bits per heavy atom. The largest absolute Gasteiger partial charge is 0.488 e. The molecule has 0 saturated heterocycles. The van der Waals surface area contributed by atoms with E-state index in [1.165, 1.54) is 11.1 Å². The highest BCUT2D eigenvalue weighted by molar-refractivity contribution is 5.19. The lowest BCUT2D eigenvalue weighted by Gasteiger charge is -2.04. The molecular formula is C16H23NO. The second-order valence-corrected chi connectivity index (χ2v) is 4.82. The van der Waals surface area contributed by atoms with E-state index in [9.17, 15) is 0 Å². The van der Waals surface area contributed by atoms with Gasteiger partial charge in [0.1, 0.15) is 12.4 Å². The van der Waals surface area contributed by atoms with Crippen molar-refractivity contribution in [2.75, 3.05) is 6.61 Å². The van der Waals surface area contributed by atoms with Crippen LogP contribution < -0.4 is 4.74 Å². The highest BCUT2D eigenvalue weighted by Crippen LogP contribution is 2.10. The SMILES string of the molecule is CC(C)=CCCC(C)=CCOc1ccc(C)nc1. The van der Waals surface area contributed by atoms with Crippen LogP contribution in [0.4, 0.5) is 0 Å². The van der Waals surface area contributed by atoms with Gasteiger partial charge in [-0.3, -0.25) is 4.98 Å². The lowest BCUT2D eigenvalue weighted by Crippen LogP contribution is -1.95. The molecule has 18 heavy (non-hydrogen) atoms. The maximum atomic E-state index is 5.60. The van der Waals surface area contributed by atoms with Crippen molar-refractivity contribution in [3.8, 4) is 5.75 Å². The highest BCUT2D eigenvalue weighted by Gasteiger charge is 1.93. The molecule has 1 aromatic rings. The van der Waals surface area contributed by atoms with Crippen LogP contribution in [0.3, 0.4) is 0 Å². The Morgan fingerprint density at radius 3 is 2.61 bits per heavy atom. The second-order valence-electron chi connectivity index (χ2n) is 4.82. The number of allylic oxidation sites excluding steroid dienone is 3. The zero-order valence-electron chi connectivity index (χ0n) is 11.9. The molecule has 0 N–H and O–H groups in total. The predicted molar refractivity (Wildman–Crippen MR) is 76.9 cm³/mol. The molecule has 0 saturated carbocycles. The Hall–Kier alpha value is -1.57. The molecule has 0 unspecified atom stereocenters. The van der Waals surface area contributed by atoms with Gasteiger partial charge in [-0.25, -0.2) is 0 Å². The molecule has 0 spiro atoms. The Morgan fingerprint density at radius 1 is 1.22 bits per heavy atom. The van der Waals surface area contributed by atoms with Gasteiger partial charge in [0.05, 0.1) is 6.20 Å². The number of hydrogen-bond donors (Lipinski definition) is 0. The molecule has 0 amide bonds. The monoisotopic (exact) mass is 245 g/mol. The summed E-state index contributed by atoms with van der Waals surface area (Å²) in [6.07, 6.45) is 8.37. The summed E-state index contributed by atoms with van der Waals surface area (Å²) in [5.74, 6) is 0.828. The van der Waals surface area contributed by atoms with E-state index in [0.29, 0.717) is 6.61 Å². The van der Waals surface area contributed by atoms with Crippen LogP contribution in [0.2, 0.25) is 0 Å². The molecule has 1 aromatic heterocycles. The van der Waals surface area contributed by atoms with Crippen molar-refractivity contribution in [3.05, 3.63) is 47.3 Å². The van der Waals surface area contributed by atoms with Crippen LogP contribution in [-0.2, 0) is 0 Å². The average molecular weight is 245 g/mol. The maximum absolute atomic E-state index is 5.60. The summed E-state index contributed by atoms with van der Waals surface area (Å²) in [6, 6.07) is 3.91. The number of aromatic nitrogens is 1. The minimum Gasteiger partial charge on any atom is -0.488 e. The normalized spacial score (nSPS) is 11.2. The van der Waals surface area contributed by atoms with Crippen molar-refractivity contribution in [1.29, 1.82) is 0 Å². The van der Waals surface area contributed by atoms with Gasteiger partial charge in [0, 0.05) is 5.69 Å². The summed E-state index contributed by atoms with van der Waals surface area (Å²) >= 11 is 0. The van der Waals surface area contributed by atoms with E-state index in [0.717, 1.165) is 24.3 Å². The molecule has 1 rings (SSSR count). The van der Waals surface area contributed by atoms with E-state index in [1.807, 2.05) is 19.1 Å². The number of aryl methyl sites for hydroxylation is 1. The van der Waals surface area contributed by atoms with Gasteiger partial charge < -0.3 is 4.74 Å². The first-order chi connectivity index (χ1) is 8.58. The Labute approximate surface area is 110 Å². The second kappa shape index (κ2) is 7.70. The van der Waals surface area contributed by atoms with Crippen LogP contribution in [0.15, 0.2) is 41.6 Å². The summed E-state index contributed by atoms with van der Waals surface area (Å²) in [4.78, 5) is 4.19.